The van der Waals surface area contributed by atoms with Crippen LogP contribution in [0.1, 0.15) is 40.3 Å². The van der Waals surface area contributed by atoms with Crippen molar-refractivity contribution in [2.75, 3.05) is 7.05 Å². The molecule has 0 aliphatic carbocycles. The van der Waals surface area contributed by atoms with Gasteiger partial charge in [-0.1, -0.05) is 0 Å². The topological polar surface area (TPSA) is 70.8 Å². The Balaban J connectivity index is 2.07. The van der Waals surface area contributed by atoms with Crippen LogP contribution in [-0.2, 0) is 11.3 Å². The van der Waals surface area contributed by atoms with Gasteiger partial charge >= 0.3 is 5.97 Å². The van der Waals surface area contributed by atoms with Crippen LogP contribution in [0.5, 0.6) is 0 Å². The average Bonchev–Trinajstić information content (AvgIpc) is 3.06. The Kier molecular flexibility index (Phi) is 4.47. The van der Waals surface area contributed by atoms with E-state index in [1.807, 2.05) is 23.8 Å². The monoisotopic (exact) mass is 307 g/mol. The maximum absolute atomic E-state index is 12.3. The first-order valence-corrected chi connectivity index (χ1v) is 7.44. The number of amides is 1. The van der Waals surface area contributed by atoms with Crippen molar-refractivity contribution in [1.82, 2.24) is 4.90 Å². The minimum absolute atomic E-state index is 0.0284. The molecule has 1 N–H and O–H groups in total. The lowest BCUT2D eigenvalue weighted by molar-refractivity contribution is -0.131. The van der Waals surface area contributed by atoms with Crippen molar-refractivity contribution in [3.63, 3.8) is 0 Å². The number of carbonyl (C=O) groups is 2. The molecule has 0 aliphatic heterocycles. The number of hydrogen-bond donors (Lipinski definition) is 1. The number of carbonyl (C=O) groups excluding carboxylic acids is 1. The maximum Gasteiger partial charge on any atom is 0.339 e. The van der Waals surface area contributed by atoms with Crippen LogP contribution in [0.2, 0.25) is 0 Å². The normalized spacial score (nSPS) is 12.1. The standard InChI is InChI=1S/C15H17NO4S/c1-9(11-4-5-21-8-11)14(17)16(3)7-12-6-13(15(18)19)10(2)20-12/h4-6,8-9H,7H2,1-3H3,(H,18,19). The molecule has 2 aromatic heterocycles. The summed E-state index contributed by atoms with van der Waals surface area (Å²) in [5.74, 6) is -0.457. The van der Waals surface area contributed by atoms with E-state index in [1.165, 1.54) is 6.07 Å². The van der Waals surface area contributed by atoms with Crippen molar-refractivity contribution in [3.8, 4) is 0 Å². The molecule has 112 valence electrons. The molecule has 0 saturated carbocycles. The summed E-state index contributed by atoms with van der Waals surface area (Å²) in [6, 6.07) is 3.40. The van der Waals surface area contributed by atoms with E-state index in [9.17, 15) is 9.59 Å². The molecule has 2 heterocycles. The van der Waals surface area contributed by atoms with Crippen molar-refractivity contribution in [1.29, 1.82) is 0 Å². The number of carboxylic acid groups (broad SMARTS) is 1. The number of furan rings is 1. The van der Waals surface area contributed by atoms with Crippen LogP contribution in [0.25, 0.3) is 0 Å². The van der Waals surface area contributed by atoms with Crippen LogP contribution >= 0.6 is 11.3 Å². The second kappa shape index (κ2) is 6.13. The van der Waals surface area contributed by atoms with Gasteiger partial charge in [-0.05, 0) is 42.3 Å². The Hall–Kier alpha value is -2.08. The number of likely N-dealkylation sites (N-methyl/N-ethyl adjacent to an activating group) is 1. The van der Waals surface area contributed by atoms with Gasteiger partial charge in [0.05, 0.1) is 12.5 Å². The number of rotatable bonds is 5. The van der Waals surface area contributed by atoms with Gasteiger partial charge in [0.15, 0.2) is 0 Å². The molecular weight excluding hydrogens is 290 g/mol. The molecule has 0 saturated heterocycles. The summed E-state index contributed by atoms with van der Waals surface area (Å²) in [6.07, 6.45) is 0. The van der Waals surface area contributed by atoms with Crippen molar-refractivity contribution in [2.24, 2.45) is 0 Å². The number of thiophene rings is 1. The van der Waals surface area contributed by atoms with Gasteiger partial charge in [0, 0.05) is 7.05 Å². The van der Waals surface area contributed by atoms with E-state index in [1.54, 1.807) is 30.2 Å². The van der Waals surface area contributed by atoms with Crippen molar-refractivity contribution in [3.05, 3.63) is 45.5 Å². The van der Waals surface area contributed by atoms with E-state index in [-0.39, 0.29) is 23.9 Å². The fourth-order valence-electron chi connectivity index (χ4n) is 2.14. The van der Waals surface area contributed by atoms with Crippen LogP contribution < -0.4 is 0 Å². The molecule has 21 heavy (non-hydrogen) atoms. The van der Waals surface area contributed by atoms with E-state index in [0.29, 0.717) is 11.5 Å². The Morgan fingerprint density at radius 2 is 2.19 bits per heavy atom. The second-order valence-electron chi connectivity index (χ2n) is 4.96. The van der Waals surface area contributed by atoms with Gasteiger partial charge in [-0.3, -0.25) is 4.79 Å². The lowest BCUT2D eigenvalue weighted by Crippen LogP contribution is -2.29. The zero-order valence-electron chi connectivity index (χ0n) is 12.1. The molecule has 0 aliphatic rings. The number of aromatic carboxylic acids is 1. The average molecular weight is 307 g/mol. The van der Waals surface area contributed by atoms with Crippen LogP contribution in [0.3, 0.4) is 0 Å². The molecule has 0 bridgehead atoms. The highest BCUT2D eigenvalue weighted by atomic mass is 32.1. The van der Waals surface area contributed by atoms with Crippen LogP contribution in [0.15, 0.2) is 27.3 Å². The molecular formula is C15H17NO4S. The molecule has 2 aromatic rings. The van der Waals surface area contributed by atoms with Crippen molar-refractivity contribution >= 4 is 23.2 Å². The minimum Gasteiger partial charge on any atom is -0.478 e. The molecule has 6 heteroatoms. The summed E-state index contributed by atoms with van der Waals surface area (Å²) in [6.45, 7) is 3.71. The molecule has 5 nitrogen and oxygen atoms in total. The van der Waals surface area contributed by atoms with Crippen LogP contribution in [0.4, 0.5) is 0 Å². The summed E-state index contributed by atoms with van der Waals surface area (Å²) in [4.78, 5) is 24.9. The van der Waals surface area contributed by atoms with Gasteiger partial charge in [-0.2, -0.15) is 11.3 Å². The summed E-state index contributed by atoms with van der Waals surface area (Å²) >= 11 is 1.55. The van der Waals surface area contributed by atoms with E-state index in [4.69, 9.17) is 9.52 Å². The number of hydrogen-bond acceptors (Lipinski definition) is 4. The molecule has 0 spiro atoms. The SMILES string of the molecule is Cc1oc(CN(C)C(=O)C(C)c2ccsc2)cc1C(=O)O. The zero-order valence-corrected chi connectivity index (χ0v) is 12.9. The molecule has 1 unspecified atom stereocenters. The lowest BCUT2D eigenvalue weighted by atomic mass is 10.0. The zero-order chi connectivity index (χ0) is 15.6. The Morgan fingerprint density at radius 1 is 1.48 bits per heavy atom. The molecule has 2 rings (SSSR count). The summed E-state index contributed by atoms with van der Waals surface area (Å²) < 4.78 is 5.39. The van der Waals surface area contributed by atoms with Gasteiger partial charge in [0.25, 0.3) is 0 Å². The highest BCUT2D eigenvalue weighted by Gasteiger charge is 2.21. The van der Waals surface area contributed by atoms with Crippen LogP contribution in [-0.4, -0.2) is 28.9 Å². The highest BCUT2D eigenvalue weighted by Crippen LogP contribution is 2.22. The molecule has 1 amide bonds. The quantitative estimate of drug-likeness (QED) is 0.921. The van der Waals surface area contributed by atoms with Gasteiger partial charge in [0.1, 0.15) is 17.1 Å². The Labute approximate surface area is 126 Å². The fraction of sp³-hybridized carbons (Fsp3) is 0.333. The molecule has 0 fully saturated rings. The minimum atomic E-state index is -1.02. The smallest absolute Gasteiger partial charge is 0.339 e. The summed E-state index contributed by atoms with van der Waals surface area (Å²) in [7, 11) is 1.68. The molecule has 1 atom stereocenters. The summed E-state index contributed by atoms with van der Waals surface area (Å²) in [5.41, 5.74) is 1.12. The van der Waals surface area contributed by atoms with Gasteiger partial charge in [-0.25, -0.2) is 4.79 Å². The number of carboxylic acids is 1. The largest absolute Gasteiger partial charge is 0.478 e. The predicted molar refractivity (Wildman–Crippen MR) is 79.6 cm³/mol. The van der Waals surface area contributed by atoms with Gasteiger partial charge in [0.2, 0.25) is 5.91 Å². The van der Waals surface area contributed by atoms with Gasteiger partial charge < -0.3 is 14.4 Å². The fourth-order valence-corrected chi connectivity index (χ4v) is 2.89. The predicted octanol–water partition coefficient (Wildman–Crippen LogP) is 3.11. The van der Waals surface area contributed by atoms with E-state index in [2.05, 4.69) is 0 Å². The second-order valence-corrected chi connectivity index (χ2v) is 5.74. The van der Waals surface area contributed by atoms with Crippen LogP contribution in [0, 0.1) is 6.92 Å². The highest BCUT2D eigenvalue weighted by molar-refractivity contribution is 7.08. The Bertz CT molecular complexity index is 645. The van der Waals surface area contributed by atoms with Gasteiger partial charge in [-0.15, -0.1) is 0 Å². The third-order valence-corrected chi connectivity index (χ3v) is 4.08. The first kappa shape index (κ1) is 15.3. The van der Waals surface area contributed by atoms with E-state index in [0.717, 1.165) is 5.56 Å². The lowest BCUT2D eigenvalue weighted by Gasteiger charge is -2.19. The van der Waals surface area contributed by atoms with E-state index >= 15 is 0 Å². The van der Waals surface area contributed by atoms with E-state index < -0.39 is 5.97 Å². The number of aryl methyl sites for hydroxylation is 1. The first-order valence-electron chi connectivity index (χ1n) is 6.49. The third kappa shape index (κ3) is 3.33. The molecule has 0 radical (unpaired) electrons. The van der Waals surface area contributed by atoms with Crippen molar-refractivity contribution in [2.45, 2.75) is 26.3 Å². The molecule has 0 aromatic carbocycles. The Morgan fingerprint density at radius 3 is 2.71 bits per heavy atom. The van der Waals surface area contributed by atoms with Crippen molar-refractivity contribution < 1.29 is 19.1 Å². The number of nitrogens with zero attached hydrogens (tertiary/aromatic N) is 1. The summed E-state index contributed by atoms with van der Waals surface area (Å²) in [5, 5.41) is 12.9. The maximum atomic E-state index is 12.3. The third-order valence-electron chi connectivity index (χ3n) is 3.38. The first-order chi connectivity index (χ1) is 9.90.